The van der Waals surface area contributed by atoms with Crippen LogP contribution >= 0.6 is 11.6 Å². The molecule has 1 aliphatic rings. The van der Waals surface area contributed by atoms with Crippen LogP contribution in [0.1, 0.15) is 5.56 Å². The second-order valence-corrected chi connectivity index (χ2v) is 5.73. The third-order valence-corrected chi connectivity index (χ3v) is 3.91. The van der Waals surface area contributed by atoms with Gasteiger partial charge in [-0.1, -0.05) is 23.7 Å². The lowest BCUT2D eigenvalue weighted by Gasteiger charge is -2.23. The fourth-order valence-corrected chi connectivity index (χ4v) is 2.48. The third kappa shape index (κ3) is 4.46. The van der Waals surface area contributed by atoms with Gasteiger partial charge in [-0.3, -0.25) is 15.1 Å². The number of nitro groups is 1. The smallest absolute Gasteiger partial charge is 0.312 e. The van der Waals surface area contributed by atoms with Crippen molar-refractivity contribution in [2.45, 2.75) is 0 Å². The van der Waals surface area contributed by atoms with Crippen LogP contribution in [0.4, 0.5) is 5.69 Å². The van der Waals surface area contributed by atoms with Crippen molar-refractivity contribution in [3.8, 4) is 11.5 Å². The van der Waals surface area contributed by atoms with Gasteiger partial charge >= 0.3 is 5.69 Å². The molecule has 0 aromatic heterocycles. The number of ether oxygens (including phenoxy) is 2. The van der Waals surface area contributed by atoms with Gasteiger partial charge in [-0.15, -0.1) is 0 Å². The van der Waals surface area contributed by atoms with Gasteiger partial charge in [-0.25, -0.2) is 0 Å². The molecule has 7 nitrogen and oxygen atoms in total. The van der Waals surface area contributed by atoms with Crippen LogP contribution in [0, 0.1) is 10.1 Å². The molecule has 1 aliphatic heterocycles. The summed E-state index contributed by atoms with van der Waals surface area (Å²) < 4.78 is 10.9. The second kappa shape index (κ2) is 7.96. The Hall–Kier alpha value is -2.64. The molecule has 0 radical (unpaired) electrons. The molecule has 0 atom stereocenters. The molecule has 0 amide bonds. The molecule has 25 heavy (non-hydrogen) atoms. The van der Waals surface area contributed by atoms with Crippen LogP contribution in [0.2, 0.25) is 5.02 Å². The minimum Gasteiger partial charge on any atom is -0.449 e. The van der Waals surface area contributed by atoms with Gasteiger partial charge in [0.1, 0.15) is 5.75 Å². The number of halogens is 1. The van der Waals surface area contributed by atoms with E-state index in [0.717, 1.165) is 0 Å². The van der Waals surface area contributed by atoms with Gasteiger partial charge in [0, 0.05) is 11.6 Å². The molecule has 2 aromatic carbocycles. The van der Waals surface area contributed by atoms with Gasteiger partial charge < -0.3 is 9.47 Å². The highest BCUT2D eigenvalue weighted by molar-refractivity contribution is 6.32. The molecule has 1 saturated heterocycles. The molecule has 0 saturated carbocycles. The van der Waals surface area contributed by atoms with Crippen LogP contribution in [0.25, 0.3) is 0 Å². The summed E-state index contributed by atoms with van der Waals surface area (Å²) >= 11 is 6.04. The highest BCUT2D eigenvalue weighted by Gasteiger charge is 2.17. The molecule has 3 rings (SSSR count). The maximum atomic E-state index is 11.4. The average molecular weight is 362 g/mol. The van der Waals surface area contributed by atoms with E-state index < -0.39 is 4.92 Å². The van der Waals surface area contributed by atoms with Gasteiger partial charge in [0.2, 0.25) is 5.75 Å². The Balaban J connectivity index is 1.82. The van der Waals surface area contributed by atoms with Crippen LogP contribution in [-0.4, -0.2) is 42.5 Å². The summed E-state index contributed by atoms with van der Waals surface area (Å²) in [5.41, 5.74) is 0.468. The summed E-state index contributed by atoms with van der Waals surface area (Å²) in [6.07, 6.45) is 1.59. The summed E-state index contributed by atoms with van der Waals surface area (Å²) in [6.45, 7) is 2.66. The van der Waals surface area contributed by atoms with E-state index in [4.69, 9.17) is 21.1 Å². The van der Waals surface area contributed by atoms with Crippen LogP contribution in [0.3, 0.4) is 0 Å². The first-order valence-corrected chi connectivity index (χ1v) is 8.09. The SMILES string of the molecule is O=[N+]([O-])c1cc(/C=N\N2CCOCC2)ccc1Oc1ccccc1Cl. The van der Waals surface area contributed by atoms with E-state index in [9.17, 15) is 10.1 Å². The van der Waals surface area contributed by atoms with E-state index in [0.29, 0.717) is 42.6 Å². The van der Waals surface area contributed by atoms with Gasteiger partial charge in [0.05, 0.1) is 42.5 Å². The van der Waals surface area contributed by atoms with Crippen molar-refractivity contribution in [3.05, 3.63) is 63.2 Å². The average Bonchev–Trinajstić information content (AvgIpc) is 2.63. The predicted octanol–water partition coefficient (Wildman–Crippen LogP) is 3.71. The van der Waals surface area contributed by atoms with Gasteiger partial charge in [-0.2, -0.15) is 5.10 Å². The fourth-order valence-electron chi connectivity index (χ4n) is 2.31. The van der Waals surface area contributed by atoms with Crippen molar-refractivity contribution in [2.24, 2.45) is 5.10 Å². The summed E-state index contributed by atoms with van der Waals surface area (Å²) in [5.74, 6) is 0.489. The molecule has 1 fully saturated rings. The Kier molecular flexibility index (Phi) is 5.47. The van der Waals surface area contributed by atoms with Crippen molar-refractivity contribution < 1.29 is 14.4 Å². The molecule has 2 aromatic rings. The lowest BCUT2D eigenvalue weighted by Crippen LogP contribution is -2.32. The molecule has 130 valence electrons. The quantitative estimate of drug-likeness (QED) is 0.461. The number of morpholine rings is 1. The molecular formula is C17H16ClN3O4. The van der Waals surface area contributed by atoms with E-state index in [2.05, 4.69) is 5.10 Å². The lowest BCUT2D eigenvalue weighted by molar-refractivity contribution is -0.385. The molecule has 0 N–H and O–H groups in total. The van der Waals surface area contributed by atoms with Gasteiger partial charge in [0.15, 0.2) is 0 Å². The first kappa shape index (κ1) is 17.2. The summed E-state index contributed by atoms with van der Waals surface area (Å²) in [6, 6.07) is 11.5. The van der Waals surface area contributed by atoms with Crippen LogP contribution in [0.5, 0.6) is 11.5 Å². The number of hydrazone groups is 1. The van der Waals surface area contributed by atoms with Crippen LogP contribution in [0.15, 0.2) is 47.6 Å². The standard InChI is InChI=1S/C17H16ClN3O4/c18-14-3-1-2-4-16(14)25-17-6-5-13(11-15(17)21(22)23)12-19-20-7-9-24-10-8-20/h1-6,11-12H,7-10H2/b19-12-. The molecule has 8 heteroatoms. The number of rotatable bonds is 5. The normalized spacial score (nSPS) is 14.7. The first-order valence-electron chi connectivity index (χ1n) is 7.71. The Morgan fingerprint density at radius 3 is 2.68 bits per heavy atom. The maximum Gasteiger partial charge on any atom is 0.312 e. The molecular weight excluding hydrogens is 346 g/mol. The summed E-state index contributed by atoms with van der Waals surface area (Å²) in [5, 5.41) is 18.0. The van der Waals surface area contributed by atoms with Crippen LogP contribution in [-0.2, 0) is 4.74 Å². The molecule has 0 bridgehead atoms. The zero-order chi connectivity index (χ0) is 17.6. The van der Waals surface area contributed by atoms with E-state index in [1.807, 2.05) is 5.01 Å². The zero-order valence-corrected chi connectivity index (χ0v) is 14.1. The largest absolute Gasteiger partial charge is 0.449 e. The number of nitro benzene ring substituents is 1. The van der Waals surface area contributed by atoms with Crippen LogP contribution < -0.4 is 4.74 Å². The van der Waals surface area contributed by atoms with E-state index in [1.165, 1.54) is 6.07 Å². The summed E-state index contributed by atoms with van der Waals surface area (Å²) in [7, 11) is 0. The van der Waals surface area contributed by atoms with E-state index >= 15 is 0 Å². The van der Waals surface area contributed by atoms with Gasteiger partial charge in [-0.05, 0) is 24.3 Å². The minimum atomic E-state index is -0.488. The molecule has 1 heterocycles. The van der Waals surface area contributed by atoms with Crippen molar-refractivity contribution in [2.75, 3.05) is 26.3 Å². The third-order valence-electron chi connectivity index (χ3n) is 3.59. The Morgan fingerprint density at radius 1 is 1.20 bits per heavy atom. The predicted molar refractivity (Wildman–Crippen MR) is 94.6 cm³/mol. The van der Waals surface area contributed by atoms with Crippen molar-refractivity contribution in [3.63, 3.8) is 0 Å². The topological polar surface area (TPSA) is 77.2 Å². The lowest BCUT2D eigenvalue weighted by atomic mass is 10.2. The molecule has 0 unspecified atom stereocenters. The number of hydrogen-bond donors (Lipinski definition) is 0. The monoisotopic (exact) mass is 361 g/mol. The Labute approximate surface area is 149 Å². The molecule has 0 spiro atoms. The Morgan fingerprint density at radius 2 is 1.96 bits per heavy atom. The number of hydrogen-bond acceptors (Lipinski definition) is 6. The number of benzene rings is 2. The van der Waals surface area contributed by atoms with Crippen molar-refractivity contribution >= 4 is 23.5 Å². The Bertz CT molecular complexity index is 791. The van der Waals surface area contributed by atoms with Crippen molar-refractivity contribution in [1.82, 2.24) is 5.01 Å². The van der Waals surface area contributed by atoms with Crippen molar-refractivity contribution in [1.29, 1.82) is 0 Å². The van der Waals surface area contributed by atoms with E-state index in [-0.39, 0.29) is 11.4 Å². The minimum absolute atomic E-state index is 0.127. The number of para-hydroxylation sites is 1. The first-order chi connectivity index (χ1) is 12.1. The second-order valence-electron chi connectivity index (χ2n) is 5.33. The molecule has 0 aliphatic carbocycles. The number of nitrogens with zero attached hydrogens (tertiary/aromatic N) is 3. The summed E-state index contributed by atoms with van der Waals surface area (Å²) in [4.78, 5) is 10.9. The highest BCUT2D eigenvalue weighted by Crippen LogP contribution is 2.35. The highest BCUT2D eigenvalue weighted by atomic mass is 35.5. The maximum absolute atomic E-state index is 11.4. The zero-order valence-electron chi connectivity index (χ0n) is 13.3. The fraction of sp³-hybridized carbons (Fsp3) is 0.235. The van der Waals surface area contributed by atoms with E-state index in [1.54, 1.807) is 42.6 Å². The van der Waals surface area contributed by atoms with Gasteiger partial charge in [0.25, 0.3) is 0 Å².